The third-order valence-electron chi connectivity index (χ3n) is 2.27. The van der Waals surface area contributed by atoms with E-state index < -0.39 is 10.0 Å². The molecule has 0 bridgehead atoms. The van der Waals surface area contributed by atoms with Crippen molar-refractivity contribution in [1.29, 1.82) is 0 Å². The van der Waals surface area contributed by atoms with Gasteiger partial charge in [0.25, 0.3) is 0 Å². The van der Waals surface area contributed by atoms with E-state index in [1.165, 1.54) is 17.6 Å². The van der Waals surface area contributed by atoms with Crippen LogP contribution in [-0.4, -0.2) is 26.7 Å². The molecule has 0 saturated heterocycles. The van der Waals surface area contributed by atoms with Crippen LogP contribution in [0.25, 0.3) is 0 Å². The largest absolute Gasteiger partial charge is 0.257 e. The first-order valence-corrected chi connectivity index (χ1v) is 6.61. The maximum absolute atomic E-state index is 11.4. The Hall–Kier alpha value is -1.10. The van der Waals surface area contributed by atoms with Gasteiger partial charge in [-0.1, -0.05) is 13.0 Å². The summed E-state index contributed by atoms with van der Waals surface area (Å²) in [6, 6.07) is 3.80. The molecular weight excluding hydrogens is 212 g/mol. The maximum Gasteiger partial charge on any atom is 0.233 e. The van der Waals surface area contributed by atoms with E-state index in [9.17, 15) is 8.42 Å². The second kappa shape index (κ2) is 4.18. The Balaban J connectivity index is 3.29. The molecule has 0 amide bonds. The third kappa shape index (κ3) is 2.68. The van der Waals surface area contributed by atoms with Crippen LogP contribution < -0.4 is 4.31 Å². The van der Waals surface area contributed by atoms with E-state index in [1.807, 2.05) is 26.0 Å². The van der Waals surface area contributed by atoms with Crippen molar-refractivity contribution >= 4 is 15.8 Å². The Morgan fingerprint density at radius 3 is 2.47 bits per heavy atom. The van der Waals surface area contributed by atoms with E-state index in [2.05, 4.69) is 4.98 Å². The van der Waals surface area contributed by atoms with Crippen molar-refractivity contribution in [3.05, 3.63) is 23.4 Å². The molecule has 1 aromatic rings. The summed E-state index contributed by atoms with van der Waals surface area (Å²) in [6.07, 6.45) is 1.94. The second-order valence-corrected chi connectivity index (χ2v) is 5.53. The zero-order chi connectivity index (χ0) is 11.6. The average molecular weight is 228 g/mol. The van der Waals surface area contributed by atoms with Gasteiger partial charge in [0.1, 0.15) is 5.82 Å². The van der Waals surface area contributed by atoms with Gasteiger partial charge in [0.05, 0.1) is 6.26 Å². The highest BCUT2D eigenvalue weighted by molar-refractivity contribution is 7.92. The Bertz CT molecular complexity index is 454. The van der Waals surface area contributed by atoms with Gasteiger partial charge in [-0.05, 0) is 25.0 Å². The summed E-state index contributed by atoms with van der Waals surface area (Å²) in [4.78, 5) is 4.26. The average Bonchev–Trinajstić information content (AvgIpc) is 2.15. The van der Waals surface area contributed by atoms with Gasteiger partial charge in [-0.3, -0.25) is 4.31 Å². The first kappa shape index (κ1) is 12.0. The summed E-state index contributed by atoms with van der Waals surface area (Å²) in [5.41, 5.74) is 1.76. The second-order valence-electron chi connectivity index (χ2n) is 3.52. The molecule has 5 heteroatoms. The van der Waals surface area contributed by atoms with E-state index in [-0.39, 0.29) is 0 Å². The highest BCUT2D eigenvalue weighted by Crippen LogP contribution is 2.19. The number of hydrogen-bond acceptors (Lipinski definition) is 3. The maximum atomic E-state index is 11.4. The third-order valence-corrected chi connectivity index (χ3v) is 3.44. The topological polar surface area (TPSA) is 50.3 Å². The van der Waals surface area contributed by atoms with E-state index in [0.717, 1.165) is 17.7 Å². The van der Waals surface area contributed by atoms with E-state index in [0.29, 0.717) is 5.82 Å². The fraction of sp³-hybridized carbons (Fsp3) is 0.500. The predicted molar refractivity (Wildman–Crippen MR) is 61.6 cm³/mol. The summed E-state index contributed by atoms with van der Waals surface area (Å²) < 4.78 is 24.0. The summed E-state index contributed by atoms with van der Waals surface area (Å²) in [7, 11) is -1.71. The van der Waals surface area contributed by atoms with Crippen LogP contribution in [0.3, 0.4) is 0 Å². The van der Waals surface area contributed by atoms with Gasteiger partial charge in [0.15, 0.2) is 0 Å². The number of aromatic nitrogens is 1. The molecule has 15 heavy (non-hydrogen) atoms. The fourth-order valence-electron chi connectivity index (χ4n) is 1.28. The van der Waals surface area contributed by atoms with Crippen LogP contribution >= 0.6 is 0 Å². The van der Waals surface area contributed by atoms with Crippen LogP contribution in [-0.2, 0) is 16.4 Å². The summed E-state index contributed by atoms with van der Waals surface area (Å²) in [5.74, 6) is 0.528. The zero-order valence-electron chi connectivity index (χ0n) is 9.48. The molecule has 1 aromatic heterocycles. The SMILES string of the molecule is CCc1ccc(C)nc1N(C)S(C)(=O)=O. The van der Waals surface area contributed by atoms with Crippen molar-refractivity contribution in [2.75, 3.05) is 17.6 Å². The number of anilines is 1. The molecule has 0 radical (unpaired) electrons. The number of hydrogen-bond donors (Lipinski definition) is 0. The molecule has 0 saturated carbocycles. The zero-order valence-corrected chi connectivity index (χ0v) is 10.3. The van der Waals surface area contributed by atoms with Gasteiger partial charge in [-0.25, -0.2) is 13.4 Å². The van der Waals surface area contributed by atoms with E-state index in [4.69, 9.17) is 0 Å². The van der Waals surface area contributed by atoms with Crippen LogP contribution in [0.1, 0.15) is 18.2 Å². The van der Waals surface area contributed by atoms with Crippen LogP contribution in [0.5, 0.6) is 0 Å². The molecule has 0 unspecified atom stereocenters. The first-order valence-electron chi connectivity index (χ1n) is 4.76. The molecule has 0 aliphatic carbocycles. The summed E-state index contributed by atoms with van der Waals surface area (Å²) in [5, 5.41) is 0. The van der Waals surface area contributed by atoms with Crippen molar-refractivity contribution < 1.29 is 8.42 Å². The van der Waals surface area contributed by atoms with Gasteiger partial charge < -0.3 is 0 Å². The molecule has 84 valence electrons. The minimum absolute atomic E-state index is 0.528. The molecule has 1 rings (SSSR count). The van der Waals surface area contributed by atoms with Gasteiger partial charge in [0, 0.05) is 12.7 Å². The lowest BCUT2D eigenvalue weighted by Gasteiger charge is -2.18. The Morgan fingerprint density at radius 1 is 1.40 bits per heavy atom. The summed E-state index contributed by atoms with van der Waals surface area (Å²) in [6.45, 7) is 3.82. The predicted octanol–water partition coefficient (Wildman–Crippen LogP) is 1.35. The van der Waals surface area contributed by atoms with E-state index >= 15 is 0 Å². The molecule has 0 spiro atoms. The highest BCUT2D eigenvalue weighted by atomic mass is 32.2. The molecule has 0 N–H and O–H groups in total. The van der Waals surface area contributed by atoms with Crippen molar-refractivity contribution in [3.63, 3.8) is 0 Å². The normalized spacial score (nSPS) is 11.5. The van der Waals surface area contributed by atoms with Crippen LogP contribution in [0.15, 0.2) is 12.1 Å². The van der Waals surface area contributed by atoms with E-state index in [1.54, 1.807) is 0 Å². The highest BCUT2D eigenvalue weighted by Gasteiger charge is 2.16. The smallest absolute Gasteiger partial charge is 0.233 e. The lowest BCUT2D eigenvalue weighted by Crippen LogP contribution is -2.27. The number of pyridine rings is 1. The van der Waals surface area contributed by atoms with Gasteiger partial charge >= 0.3 is 0 Å². The van der Waals surface area contributed by atoms with Crippen LogP contribution in [0.4, 0.5) is 5.82 Å². The monoisotopic (exact) mass is 228 g/mol. The number of rotatable bonds is 3. The fourth-order valence-corrected chi connectivity index (χ4v) is 1.75. The van der Waals surface area contributed by atoms with Crippen molar-refractivity contribution in [3.8, 4) is 0 Å². The lowest BCUT2D eigenvalue weighted by atomic mass is 10.2. The standard InChI is InChI=1S/C10H16N2O2S/c1-5-9-7-6-8(2)11-10(9)12(3)15(4,13)14/h6-7H,5H2,1-4H3. The Kier molecular flexibility index (Phi) is 3.34. The van der Waals surface area contributed by atoms with Gasteiger partial charge in [0.2, 0.25) is 10.0 Å². The summed E-state index contributed by atoms with van der Waals surface area (Å²) >= 11 is 0. The molecule has 0 aliphatic heterocycles. The number of nitrogens with zero attached hydrogens (tertiary/aromatic N) is 2. The number of aryl methyl sites for hydroxylation is 2. The van der Waals surface area contributed by atoms with Crippen LogP contribution in [0.2, 0.25) is 0 Å². The molecule has 4 nitrogen and oxygen atoms in total. The molecule has 0 fully saturated rings. The Morgan fingerprint density at radius 2 is 2.00 bits per heavy atom. The van der Waals surface area contributed by atoms with Crippen molar-refractivity contribution in [1.82, 2.24) is 4.98 Å². The van der Waals surface area contributed by atoms with Crippen molar-refractivity contribution in [2.24, 2.45) is 0 Å². The van der Waals surface area contributed by atoms with Crippen molar-refractivity contribution in [2.45, 2.75) is 20.3 Å². The molecule has 0 atom stereocenters. The van der Waals surface area contributed by atoms with Gasteiger partial charge in [-0.2, -0.15) is 0 Å². The number of sulfonamides is 1. The lowest BCUT2D eigenvalue weighted by molar-refractivity contribution is 0.599. The molecule has 0 aliphatic rings. The first-order chi connectivity index (χ1) is 6.86. The van der Waals surface area contributed by atoms with Crippen LogP contribution in [0, 0.1) is 6.92 Å². The quantitative estimate of drug-likeness (QED) is 0.784. The molecule has 0 aromatic carbocycles. The minimum atomic E-state index is -3.23. The minimum Gasteiger partial charge on any atom is -0.257 e. The molecular formula is C10H16N2O2S. The molecule has 1 heterocycles. The Labute approximate surface area is 91.0 Å². The van der Waals surface area contributed by atoms with Gasteiger partial charge in [-0.15, -0.1) is 0 Å².